The summed E-state index contributed by atoms with van der Waals surface area (Å²) in [5, 5.41) is 22.3. The monoisotopic (exact) mass is 757 g/mol. The average Bonchev–Trinajstić information content (AvgIpc) is 3.62. The van der Waals surface area contributed by atoms with Crippen molar-refractivity contribution >= 4 is 54.6 Å². The number of anilines is 3. The predicted molar refractivity (Wildman–Crippen MR) is 213 cm³/mol. The van der Waals surface area contributed by atoms with Gasteiger partial charge in [-0.25, -0.2) is 10.0 Å². The highest BCUT2D eigenvalue weighted by Gasteiger charge is 2.66. The zero-order valence-corrected chi connectivity index (χ0v) is 32.2. The van der Waals surface area contributed by atoms with E-state index in [-0.39, 0.29) is 43.7 Å². The van der Waals surface area contributed by atoms with Crippen LogP contribution in [0.4, 0.5) is 21.2 Å². The van der Waals surface area contributed by atoms with E-state index in [1.165, 1.54) is 10.0 Å². The lowest BCUT2D eigenvalue weighted by atomic mass is 9.82. The van der Waals surface area contributed by atoms with E-state index in [1.807, 2.05) is 97.9 Å². The Kier molecular flexibility index (Phi) is 9.60. The van der Waals surface area contributed by atoms with Gasteiger partial charge in [-0.1, -0.05) is 79.7 Å². The number of carbonyl (C=O) groups excluding carboxylic acids is 3. The number of halogens is 1. The van der Waals surface area contributed by atoms with Crippen LogP contribution in [0, 0.1) is 5.92 Å². The van der Waals surface area contributed by atoms with Crippen LogP contribution in [0.1, 0.15) is 61.3 Å². The molecule has 4 aromatic carbocycles. The van der Waals surface area contributed by atoms with Crippen LogP contribution in [-0.4, -0.2) is 55.4 Å². The molecule has 12 heteroatoms. The molecule has 8 rings (SSSR count). The van der Waals surface area contributed by atoms with Gasteiger partial charge in [0.05, 0.1) is 41.1 Å². The van der Waals surface area contributed by atoms with Crippen molar-refractivity contribution in [3.8, 4) is 0 Å². The number of fused-ring (bicyclic) bond motifs is 2. The molecule has 0 aromatic heterocycles. The van der Waals surface area contributed by atoms with Gasteiger partial charge in [0.15, 0.2) is 5.60 Å². The number of carbonyl (C=O) groups is 3. The number of aliphatic hydroxyl groups is 1. The summed E-state index contributed by atoms with van der Waals surface area (Å²) in [5.41, 5.74) is 4.48. The number of hydrogen-bond acceptors (Lipinski definition) is 7. The van der Waals surface area contributed by atoms with Crippen LogP contribution >= 0.6 is 0 Å². The number of ether oxygens (including phenoxy) is 1. The molecule has 282 valence electrons. The second kappa shape index (κ2) is 14.4. The van der Waals surface area contributed by atoms with Crippen molar-refractivity contribution in [1.29, 1.82) is 0 Å². The Hall–Kier alpha value is -5.30. The standard InChI is InChI=1S/C43H44FN5O5Si/c1-28-41(55(2,3)44)38(24-25-50)54-43(28)34-26-33(49-40(52)23-20-36(46-49)31-12-8-5-9-13-31)18-21-37(34)47(42(43)53)27-29-14-16-32(17-15-29)48-39(51)22-19-35(45-48)30-10-6-4-7-11-30/h4-18,21,26,28,38,41,50H,19-20,22-25,27H2,1-3H3/t28-,38+,41-,43+/m0/s1. The Morgan fingerprint density at radius 3 is 1.87 bits per heavy atom. The van der Waals surface area contributed by atoms with Gasteiger partial charge in [-0.2, -0.15) is 10.2 Å². The van der Waals surface area contributed by atoms with Crippen LogP contribution in [0.15, 0.2) is 113 Å². The Morgan fingerprint density at radius 1 is 0.782 bits per heavy atom. The van der Waals surface area contributed by atoms with Gasteiger partial charge in [0.1, 0.15) is 0 Å². The van der Waals surface area contributed by atoms with E-state index in [4.69, 9.17) is 14.9 Å². The van der Waals surface area contributed by atoms with Gasteiger partial charge >= 0.3 is 0 Å². The summed E-state index contributed by atoms with van der Waals surface area (Å²) in [6.45, 7) is 5.11. The van der Waals surface area contributed by atoms with E-state index < -0.39 is 31.6 Å². The molecule has 10 nitrogen and oxygen atoms in total. The fourth-order valence-corrected chi connectivity index (χ4v) is 11.4. The molecule has 0 saturated carbocycles. The van der Waals surface area contributed by atoms with Crippen molar-refractivity contribution < 1.29 is 28.3 Å². The first-order valence-electron chi connectivity index (χ1n) is 18.9. The molecule has 1 fully saturated rings. The molecule has 0 aliphatic carbocycles. The number of aliphatic hydroxyl groups excluding tert-OH is 1. The third-order valence-electron chi connectivity index (χ3n) is 11.4. The van der Waals surface area contributed by atoms with Gasteiger partial charge in [-0.05, 0) is 66.5 Å². The van der Waals surface area contributed by atoms with Crippen molar-refractivity contribution in [2.24, 2.45) is 16.1 Å². The SMILES string of the molecule is C[C@H]1[C@H]([Si](C)(C)F)[C@@H](CCO)O[C@]12C(=O)N(Cc1ccc(N3N=C(c4ccccc4)CCC3=O)cc1)c1ccc(N3N=C(c4ccccc4)CCC3=O)cc12. The van der Waals surface area contributed by atoms with Crippen LogP contribution in [0.25, 0.3) is 0 Å². The lowest BCUT2D eigenvalue weighted by molar-refractivity contribution is -0.146. The van der Waals surface area contributed by atoms with Gasteiger partial charge in [0.2, 0.25) is 20.2 Å². The molecule has 55 heavy (non-hydrogen) atoms. The molecule has 1 N–H and O–H groups in total. The second-order valence-corrected chi connectivity index (χ2v) is 19.1. The minimum absolute atomic E-state index is 0.0973. The van der Waals surface area contributed by atoms with Gasteiger partial charge in [0, 0.05) is 49.3 Å². The fraction of sp³-hybridized carbons (Fsp3) is 0.326. The lowest BCUT2D eigenvalue weighted by Gasteiger charge is -2.31. The normalized spacial score (nSPS) is 24.1. The summed E-state index contributed by atoms with van der Waals surface area (Å²) in [6, 6.07) is 32.3. The number of benzene rings is 4. The van der Waals surface area contributed by atoms with E-state index in [1.54, 1.807) is 30.1 Å². The largest absolute Gasteiger partial charge is 0.396 e. The maximum Gasteiger partial charge on any atom is 0.264 e. The first-order chi connectivity index (χ1) is 26.5. The van der Waals surface area contributed by atoms with Crippen molar-refractivity contribution in [2.45, 2.75) is 75.9 Å². The van der Waals surface area contributed by atoms with E-state index in [2.05, 4.69) is 0 Å². The number of hydrogen-bond donors (Lipinski definition) is 1. The molecule has 4 heterocycles. The molecule has 3 amide bonds. The summed E-state index contributed by atoms with van der Waals surface area (Å²) >= 11 is 0. The molecule has 0 bridgehead atoms. The Balaban J connectivity index is 1.16. The maximum atomic E-state index is 16.2. The molecule has 4 aromatic rings. The van der Waals surface area contributed by atoms with Crippen LogP contribution in [0.3, 0.4) is 0 Å². The number of amides is 3. The summed E-state index contributed by atoms with van der Waals surface area (Å²) in [7, 11) is -3.42. The first kappa shape index (κ1) is 36.7. The van der Waals surface area contributed by atoms with E-state index in [0.29, 0.717) is 41.9 Å². The zero-order chi connectivity index (χ0) is 38.5. The van der Waals surface area contributed by atoms with Crippen molar-refractivity contribution in [3.05, 3.63) is 125 Å². The summed E-state index contributed by atoms with van der Waals surface area (Å²) in [6.07, 6.45) is 1.21. The van der Waals surface area contributed by atoms with Crippen molar-refractivity contribution in [1.82, 2.24) is 0 Å². The Morgan fingerprint density at radius 2 is 1.33 bits per heavy atom. The first-order valence-corrected chi connectivity index (χ1v) is 21.9. The number of hydrazone groups is 2. The molecule has 1 saturated heterocycles. The topological polar surface area (TPSA) is 115 Å². The number of rotatable bonds is 9. The molecule has 4 aliphatic rings. The molecule has 4 aliphatic heterocycles. The van der Waals surface area contributed by atoms with Crippen molar-refractivity contribution in [3.63, 3.8) is 0 Å². The summed E-state index contributed by atoms with van der Waals surface area (Å²) < 4.78 is 23.0. The zero-order valence-electron chi connectivity index (χ0n) is 31.2. The molecule has 1 spiro atoms. The van der Waals surface area contributed by atoms with E-state index >= 15 is 4.11 Å². The Bertz CT molecular complexity index is 2190. The molecular formula is C43H44FN5O5Si. The van der Waals surface area contributed by atoms with Gasteiger partial charge < -0.3 is 18.9 Å². The van der Waals surface area contributed by atoms with Gasteiger partial charge in [-0.15, -0.1) is 0 Å². The van der Waals surface area contributed by atoms with Crippen LogP contribution in [0.5, 0.6) is 0 Å². The van der Waals surface area contributed by atoms with Crippen LogP contribution < -0.4 is 14.9 Å². The van der Waals surface area contributed by atoms with Gasteiger partial charge in [-0.3, -0.25) is 14.4 Å². The quantitative estimate of drug-likeness (QED) is 0.141. The fourth-order valence-electron chi connectivity index (χ4n) is 8.83. The minimum atomic E-state index is -3.42. The van der Waals surface area contributed by atoms with Crippen molar-refractivity contribution in [2.75, 3.05) is 21.5 Å². The highest BCUT2D eigenvalue weighted by molar-refractivity contribution is 6.72. The highest BCUT2D eigenvalue weighted by Crippen LogP contribution is 2.60. The smallest absolute Gasteiger partial charge is 0.264 e. The second-order valence-electron chi connectivity index (χ2n) is 15.3. The highest BCUT2D eigenvalue weighted by atomic mass is 28.4. The molecular weight excluding hydrogens is 714 g/mol. The number of nitrogens with zero attached hydrogens (tertiary/aromatic N) is 5. The summed E-state index contributed by atoms with van der Waals surface area (Å²) in [5.74, 6) is -1.15. The van der Waals surface area contributed by atoms with E-state index in [0.717, 1.165) is 28.1 Å². The van der Waals surface area contributed by atoms with Gasteiger partial charge in [0.25, 0.3) is 5.91 Å². The lowest BCUT2D eigenvalue weighted by Crippen LogP contribution is -2.45. The third-order valence-corrected chi connectivity index (χ3v) is 13.9. The van der Waals surface area contributed by atoms with E-state index in [9.17, 15) is 19.5 Å². The molecule has 0 unspecified atom stereocenters. The average molecular weight is 758 g/mol. The third kappa shape index (κ3) is 6.51. The molecule has 0 radical (unpaired) electrons. The minimum Gasteiger partial charge on any atom is -0.396 e. The Labute approximate surface area is 321 Å². The van der Waals surface area contributed by atoms with Crippen LogP contribution in [0.2, 0.25) is 18.6 Å². The van der Waals surface area contributed by atoms with Crippen LogP contribution in [-0.2, 0) is 31.3 Å². The summed E-state index contributed by atoms with van der Waals surface area (Å²) in [4.78, 5) is 43.1. The maximum absolute atomic E-state index is 16.2. The molecule has 4 atom stereocenters. The predicted octanol–water partition coefficient (Wildman–Crippen LogP) is 7.45.